The van der Waals surface area contributed by atoms with Crippen LogP contribution in [0.2, 0.25) is 0 Å². The molecular formula is C18H17F3N2O4. The number of halogens is 3. The topological polar surface area (TPSA) is 60.8 Å². The van der Waals surface area contributed by atoms with Crippen molar-refractivity contribution in [1.82, 2.24) is 9.47 Å². The van der Waals surface area contributed by atoms with Crippen LogP contribution in [-0.4, -0.2) is 35.6 Å². The molecule has 9 heteroatoms. The van der Waals surface area contributed by atoms with Crippen molar-refractivity contribution in [1.29, 1.82) is 0 Å². The van der Waals surface area contributed by atoms with Gasteiger partial charge in [-0.2, -0.15) is 13.2 Å². The molecule has 3 rings (SSSR count). The third-order valence-corrected chi connectivity index (χ3v) is 4.08. The lowest BCUT2D eigenvalue weighted by Crippen LogP contribution is -2.35. The molecule has 1 aliphatic rings. The number of carbonyl (C=O) groups excluding carboxylic acids is 1. The lowest BCUT2D eigenvalue weighted by atomic mass is 10.2. The standard InChI is InChI=1S/C18H17F3N2O4/c1-22(10-12-4-5-14-15(9-12)27-8-7-26-14)16(24)11-23-6-2-3-13(17(23)25)18(19,20)21/h2-6,9H,7-8,10-11H2,1H3. The van der Waals surface area contributed by atoms with E-state index in [4.69, 9.17) is 9.47 Å². The Bertz CT molecular complexity index is 908. The average molecular weight is 382 g/mol. The summed E-state index contributed by atoms with van der Waals surface area (Å²) in [7, 11) is 1.51. The first kappa shape index (κ1) is 18.8. The minimum absolute atomic E-state index is 0.211. The van der Waals surface area contributed by atoms with E-state index in [0.29, 0.717) is 30.8 Å². The summed E-state index contributed by atoms with van der Waals surface area (Å²) in [6.07, 6.45) is -3.60. The first-order valence-corrected chi connectivity index (χ1v) is 8.15. The molecule has 1 amide bonds. The molecule has 2 heterocycles. The van der Waals surface area contributed by atoms with Crippen molar-refractivity contribution in [3.05, 3.63) is 58.0 Å². The van der Waals surface area contributed by atoms with Gasteiger partial charge in [0.15, 0.2) is 11.5 Å². The third kappa shape index (κ3) is 4.24. The zero-order valence-corrected chi connectivity index (χ0v) is 14.5. The smallest absolute Gasteiger partial charge is 0.421 e. The fourth-order valence-corrected chi connectivity index (χ4v) is 2.69. The van der Waals surface area contributed by atoms with E-state index >= 15 is 0 Å². The van der Waals surface area contributed by atoms with Gasteiger partial charge in [0.2, 0.25) is 5.91 Å². The highest BCUT2D eigenvalue weighted by Gasteiger charge is 2.34. The average Bonchev–Trinajstić information content (AvgIpc) is 2.62. The minimum Gasteiger partial charge on any atom is -0.486 e. The molecule has 0 N–H and O–H groups in total. The molecule has 1 aliphatic heterocycles. The van der Waals surface area contributed by atoms with Gasteiger partial charge in [0.05, 0.1) is 0 Å². The molecule has 1 aromatic carbocycles. The molecule has 0 fully saturated rings. The Balaban J connectivity index is 1.71. The second kappa shape index (κ2) is 7.34. The van der Waals surface area contributed by atoms with Crippen LogP contribution in [0.3, 0.4) is 0 Å². The van der Waals surface area contributed by atoms with Crippen LogP contribution in [0, 0.1) is 0 Å². The Morgan fingerprint density at radius 3 is 2.59 bits per heavy atom. The van der Waals surface area contributed by atoms with Gasteiger partial charge in [0, 0.05) is 19.8 Å². The summed E-state index contributed by atoms with van der Waals surface area (Å²) in [5.41, 5.74) is -1.77. The molecule has 0 saturated heterocycles. The molecule has 144 valence electrons. The van der Waals surface area contributed by atoms with Crippen LogP contribution in [0.5, 0.6) is 11.5 Å². The van der Waals surface area contributed by atoms with Crippen LogP contribution >= 0.6 is 0 Å². The second-order valence-electron chi connectivity index (χ2n) is 6.08. The predicted octanol–water partition coefficient (Wildman–Crippen LogP) is 2.30. The number of fused-ring (bicyclic) bond motifs is 1. The van der Waals surface area contributed by atoms with Gasteiger partial charge in [0.25, 0.3) is 5.56 Å². The predicted molar refractivity (Wildman–Crippen MR) is 89.6 cm³/mol. The molecule has 0 radical (unpaired) electrons. The molecule has 0 unspecified atom stereocenters. The highest BCUT2D eigenvalue weighted by Crippen LogP contribution is 2.31. The van der Waals surface area contributed by atoms with E-state index in [0.717, 1.165) is 22.4 Å². The van der Waals surface area contributed by atoms with Crippen LogP contribution in [0.15, 0.2) is 41.3 Å². The number of amides is 1. The summed E-state index contributed by atoms with van der Waals surface area (Å²) < 4.78 is 50.1. The lowest BCUT2D eigenvalue weighted by molar-refractivity contribution is -0.139. The summed E-state index contributed by atoms with van der Waals surface area (Å²) in [4.78, 5) is 25.6. The number of aromatic nitrogens is 1. The summed E-state index contributed by atoms with van der Waals surface area (Å²) >= 11 is 0. The highest BCUT2D eigenvalue weighted by atomic mass is 19.4. The van der Waals surface area contributed by atoms with Gasteiger partial charge >= 0.3 is 6.18 Å². The van der Waals surface area contributed by atoms with Gasteiger partial charge in [-0.15, -0.1) is 0 Å². The zero-order valence-electron chi connectivity index (χ0n) is 14.5. The molecule has 27 heavy (non-hydrogen) atoms. The largest absolute Gasteiger partial charge is 0.486 e. The Hall–Kier alpha value is -2.97. The van der Waals surface area contributed by atoms with Crippen molar-refractivity contribution in [2.75, 3.05) is 20.3 Å². The maximum atomic E-state index is 12.8. The van der Waals surface area contributed by atoms with Gasteiger partial charge in [-0.05, 0) is 29.8 Å². The SMILES string of the molecule is CN(Cc1ccc2c(c1)OCCO2)C(=O)Cn1cccc(C(F)(F)F)c1=O. The molecule has 0 spiro atoms. The van der Waals surface area contributed by atoms with E-state index in [9.17, 15) is 22.8 Å². The molecule has 2 aromatic rings. The molecule has 0 saturated carbocycles. The number of hydrogen-bond donors (Lipinski definition) is 0. The Morgan fingerprint density at radius 1 is 1.19 bits per heavy atom. The quantitative estimate of drug-likeness (QED) is 0.814. The zero-order chi connectivity index (χ0) is 19.6. The summed E-state index contributed by atoms with van der Waals surface area (Å²) in [5.74, 6) is 0.703. The maximum absolute atomic E-state index is 12.8. The van der Waals surface area contributed by atoms with Crippen LogP contribution < -0.4 is 15.0 Å². The van der Waals surface area contributed by atoms with Crippen LogP contribution in [-0.2, 0) is 24.1 Å². The normalized spacial score (nSPS) is 13.3. The second-order valence-corrected chi connectivity index (χ2v) is 6.08. The monoisotopic (exact) mass is 382 g/mol. The van der Waals surface area contributed by atoms with Gasteiger partial charge in [-0.3, -0.25) is 9.59 Å². The van der Waals surface area contributed by atoms with Gasteiger partial charge in [-0.25, -0.2) is 0 Å². The number of nitrogens with zero attached hydrogens (tertiary/aromatic N) is 2. The van der Waals surface area contributed by atoms with Crippen molar-refractivity contribution in [2.45, 2.75) is 19.3 Å². The van der Waals surface area contributed by atoms with Crippen LogP contribution in [0.4, 0.5) is 13.2 Å². The summed E-state index contributed by atoms with van der Waals surface area (Å²) in [6, 6.07) is 7.04. The maximum Gasteiger partial charge on any atom is 0.421 e. The number of ether oxygens (including phenoxy) is 2. The third-order valence-electron chi connectivity index (χ3n) is 4.08. The lowest BCUT2D eigenvalue weighted by Gasteiger charge is -2.21. The van der Waals surface area contributed by atoms with Gasteiger partial charge in [0.1, 0.15) is 25.3 Å². The van der Waals surface area contributed by atoms with E-state index in [1.807, 2.05) is 0 Å². The van der Waals surface area contributed by atoms with Crippen LogP contribution in [0.1, 0.15) is 11.1 Å². The summed E-state index contributed by atoms with van der Waals surface area (Å²) in [6.45, 7) is 0.632. The Kier molecular flexibility index (Phi) is 5.11. The molecule has 0 atom stereocenters. The molecule has 0 aliphatic carbocycles. The number of hydrogen-bond acceptors (Lipinski definition) is 4. The van der Waals surface area contributed by atoms with E-state index in [1.54, 1.807) is 18.2 Å². The number of rotatable bonds is 4. The Labute approximate surface area is 152 Å². The molecule has 6 nitrogen and oxygen atoms in total. The van der Waals surface area contributed by atoms with Gasteiger partial charge in [-0.1, -0.05) is 6.07 Å². The first-order valence-electron chi connectivity index (χ1n) is 8.15. The number of alkyl halides is 3. The van der Waals surface area contributed by atoms with E-state index in [1.165, 1.54) is 11.9 Å². The summed E-state index contributed by atoms with van der Waals surface area (Å²) in [5, 5.41) is 0. The highest BCUT2D eigenvalue weighted by molar-refractivity contribution is 5.75. The van der Waals surface area contributed by atoms with Crippen molar-refractivity contribution in [2.24, 2.45) is 0 Å². The van der Waals surface area contributed by atoms with Gasteiger partial charge < -0.3 is 18.9 Å². The number of likely N-dealkylation sites (N-methyl/N-ethyl adjacent to an activating group) is 1. The van der Waals surface area contributed by atoms with Crippen molar-refractivity contribution in [3.63, 3.8) is 0 Å². The fourth-order valence-electron chi connectivity index (χ4n) is 2.69. The van der Waals surface area contributed by atoms with E-state index in [-0.39, 0.29) is 6.54 Å². The molecular weight excluding hydrogens is 365 g/mol. The number of benzene rings is 1. The molecule has 1 aromatic heterocycles. The Morgan fingerprint density at radius 2 is 1.89 bits per heavy atom. The van der Waals surface area contributed by atoms with Crippen molar-refractivity contribution >= 4 is 5.91 Å². The fraction of sp³-hybridized carbons (Fsp3) is 0.333. The van der Waals surface area contributed by atoms with E-state index in [2.05, 4.69) is 0 Å². The van der Waals surface area contributed by atoms with Crippen molar-refractivity contribution in [3.8, 4) is 11.5 Å². The number of carbonyl (C=O) groups is 1. The van der Waals surface area contributed by atoms with Crippen LogP contribution in [0.25, 0.3) is 0 Å². The van der Waals surface area contributed by atoms with E-state index < -0.39 is 29.8 Å². The van der Waals surface area contributed by atoms with Crippen molar-refractivity contribution < 1.29 is 27.4 Å². The molecule has 0 bridgehead atoms. The number of pyridine rings is 1. The first-order chi connectivity index (χ1) is 12.8. The minimum atomic E-state index is -4.76.